The summed E-state index contributed by atoms with van der Waals surface area (Å²) in [5.41, 5.74) is -0.137. The second kappa shape index (κ2) is 9.11. The number of carbonyl (C=O) groups excluding carboxylic acids is 2. The van der Waals surface area contributed by atoms with E-state index in [2.05, 4.69) is 13.2 Å². The summed E-state index contributed by atoms with van der Waals surface area (Å²) in [4.78, 5) is 28.0. The summed E-state index contributed by atoms with van der Waals surface area (Å²) in [5, 5.41) is 0. The minimum absolute atomic E-state index is 0.0204. The van der Waals surface area contributed by atoms with Crippen molar-refractivity contribution in [2.75, 3.05) is 33.5 Å². The molecule has 0 unspecified atom stereocenters. The van der Waals surface area contributed by atoms with E-state index in [1.54, 1.807) is 19.3 Å². The molecule has 2 aliphatic rings. The molecule has 0 aromatic rings. The third-order valence-electron chi connectivity index (χ3n) is 4.99. The molecule has 0 radical (unpaired) electrons. The summed E-state index contributed by atoms with van der Waals surface area (Å²) in [5.74, 6) is -0.134. The molecule has 5 heteroatoms. The first-order valence-corrected chi connectivity index (χ1v) is 8.92. The Kier molecular flexibility index (Phi) is 7.14. The van der Waals surface area contributed by atoms with Gasteiger partial charge in [-0.25, -0.2) is 0 Å². The standard InChI is InChI=1S/C20H29NO4/c1-4-10-20(19(23)21-11-6-7-17(21)15-24-3)13-16(8-9-18(20)22)14-25-12-5-2/h4-5,13,17H,1-2,6-12,14-15H2,3H3/t17-,20+/m0/s1. The van der Waals surface area contributed by atoms with E-state index in [9.17, 15) is 9.59 Å². The van der Waals surface area contributed by atoms with Crippen molar-refractivity contribution in [3.63, 3.8) is 0 Å². The monoisotopic (exact) mass is 347 g/mol. The van der Waals surface area contributed by atoms with Gasteiger partial charge in [0.15, 0.2) is 5.78 Å². The van der Waals surface area contributed by atoms with E-state index >= 15 is 0 Å². The number of hydrogen-bond donors (Lipinski definition) is 0. The van der Waals surface area contributed by atoms with Crippen LogP contribution in [0.4, 0.5) is 0 Å². The molecule has 0 aromatic carbocycles. The fraction of sp³-hybridized carbons (Fsp3) is 0.600. The van der Waals surface area contributed by atoms with Crippen LogP contribution in [0.3, 0.4) is 0 Å². The molecule has 2 rings (SSSR count). The van der Waals surface area contributed by atoms with E-state index in [1.807, 2.05) is 11.0 Å². The average Bonchev–Trinajstić information content (AvgIpc) is 3.06. The zero-order valence-electron chi connectivity index (χ0n) is 15.2. The van der Waals surface area contributed by atoms with Crippen LogP contribution in [0.25, 0.3) is 0 Å². The second-order valence-corrected chi connectivity index (χ2v) is 6.74. The van der Waals surface area contributed by atoms with Gasteiger partial charge in [-0.1, -0.05) is 18.2 Å². The largest absolute Gasteiger partial charge is 0.383 e. The third-order valence-corrected chi connectivity index (χ3v) is 4.99. The zero-order chi connectivity index (χ0) is 18.3. The van der Waals surface area contributed by atoms with Crippen LogP contribution in [0.15, 0.2) is 37.0 Å². The first-order chi connectivity index (χ1) is 12.1. The summed E-state index contributed by atoms with van der Waals surface area (Å²) in [6.07, 6.45) is 8.39. The fourth-order valence-corrected chi connectivity index (χ4v) is 3.78. The molecule has 1 aliphatic carbocycles. The lowest BCUT2D eigenvalue weighted by molar-refractivity contribution is -0.148. The molecule has 1 aliphatic heterocycles. The van der Waals surface area contributed by atoms with Gasteiger partial charge < -0.3 is 14.4 Å². The molecule has 1 amide bonds. The highest BCUT2D eigenvalue weighted by atomic mass is 16.5. The molecule has 0 bridgehead atoms. The second-order valence-electron chi connectivity index (χ2n) is 6.74. The van der Waals surface area contributed by atoms with Gasteiger partial charge in [0, 0.05) is 20.1 Å². The summed E-state index contributed by atoms with van der Waals surface area (Å²) in [7, 11) is 1.64. The third kappa shape index (κ3) is 4.28. The molecule has 1 fully saturated rings. The van der Waals surface area contributed by atoms with E-state index in [4.69, 9.17) is 9.47 Å². The predicted octanol–water partition coefficient (Wildman–Crippen LogP) is 2.68. The van der Waals surface area contributed by atoms with Gasteiger partial charge in [-0.05, 0) is 31.3 Å². The number of Topliss-reactive ketones (excluding diaryl/α,β-unsaturated/α-hetero) is 1. The molecule has 25 heavy (non-hydrogen) atoms. The normalized spacial score (nSPS) is 26.4. The smallest absolute Gasteiger partial charge is 0.240 e. The highest BCUT2D eigenvalue weighted by Crippen LogP contribution is 2.38. The zero-order valence-corrected chi connectivity index (χ0v) is 15.2. The predicted molar refractivity (Wildman–Crippen MR) is 97.2 cm³/mol. The first kappa shape index (κ1) is 19.6. The number of amides is 1. The Morgan fingerprint density at radius 2 is 2.20 bits per heavy atom. The highest BCUT2D eigenvalue weighted by Gasteiger charge is 2.48. The van der Waals surface area contributed by atoms with Gasteiger partial charge in [-0.3, -0.25) is 9.59 Å². The lowest BCUT2D eigenvalue weighted by Crippen LogP contribution is -2.51. The van der Waals surface area contributed by atoms with Crippen LogP contribution >= 0.6 is 0 Å². The molecular weight excluding hydrogens is 318 g/mol. The van der Waals surface area contributed by atoms with E-state index in [0.717, 1.165) is 18.4 Å². The Labute approximate surface area is 150 Å². The minimum Gasteiger partial charge on any atom is -0.383 e. The molecule has 5 nitrogen and oxygen atoms in total. The van der Waals surface area contributed by atoms with Crippen molar-refractivity contribution >= 4 is 11.7 Å². The number of hydrogen-bond acceptors (Lipinski definition) is 4. The number of likely N-dealkylation sites (tertiary alicyclic amines) is 1. The maximum absolute atomic E-state index is 13.4. The van der Waals surface area contributed by atoms with Gasteiger partial charge in [0.1, 0.15) is 5.41 Å². The molecule has 1 heterocycles. The molecule has 0 saturated carbocycles. The van der Waals surface area contributed by atoms with Gasteiger partial charge in [-0.2, -0.15) is 0 Å². The number of carbonyl (C=O) groups is 2. The SMILES string of the molecule is C=CCOCC1=C[C@@](CC=C)(C(=O)N2CCC[C@H]2COC)C(=O)CC1. The van der Waals surface area contributed by atoms with E-state index in [0.29, 0.717) is 45.6 Å². The van der Waals surface area contributed by atoms with E-state index < -0.39 is 5.41 Å². The van der Waals surface area contributed by atoms with Crippen LogP contribution in [0.1, 0.15) is 32.1 Å². The summed E-state index contributed by atoms with van der Waals surface area (Å²) < 4.78 is 10.8. The Hall–Kier alpha value is -1.72. The number of nitrogens with zero attached hydrogens (tertiary/aromatic N) is 1. The van der Waals surface area contributed by atoms with Gasteiger partial charge >= 0.3 is 0 Å². The molecule has 138 valence electrons. The van der Waals surface area contributed by atoms with Gasteiger partial charge in [0.05, 0.1) is 25.9 Å². The molecule has 0 aromatic heterocycles. The van der Waals surface area contributed by atoms with Crippen LogP contribution in [-0.2, 0) is 19.1 Å². The summed E-state index contributed by atoms with van der Waals surface area (Å²) in [6.45, 7) is 9.47. The van der Waals surface area contributed by atoms with Crippen molar-refractivity contribution in [1.82, 2.24) is 4.90 Å². The summed E-state index contributed by atoms with van der Waals surface area (Å²) >= 11 is 0. The van der Waals surface area contributed by atoms with Crippen LogP contribution < -0.4 is 0 Å². The van der Waals surface area contributed by atoms with Gasteiger partial charge in [0.25, 0.3) is 0 Å². The van der Waals surface area contributed by atoms with Crippen LogP contribution in [0.5, 0.6) is 0 Å². The molecule has 1 saturated heterocycles. The molecule has 0 N–H and O–H groups in total. The minimum atomic E-state index is -1.14. The fourth-order valence-electron chi connectivity index (χ4n) is 3.78. The summed E-state index contributed by atoms with van der Waals surface area (Å²) in [6, 6.07) is 0.0442. The van der Waals surface area contributed by atoms with Crippen molar-refractivity contribution in [3.05, 3.63) is 37.0 Å². The van der Waals surface area contributed by atoms with Crippen LogP contribution in [0, 0.1) is 5.41 Å². The number of allylic oxidation sites excluding steroid dienone is 1. The van der Waals surface area contributed by atoms with Gasteiger partial charge in [0.2, 0.25) is 5.91 Å². The lowest BCUT2D eigenvalue weighted by atomic mass is 9.71. The molecule has 0 spiro atoms. The number of rotatable bonds is 9. The van der Waals surface area contributed by atoms with Crippen LogP contribution in [-0.4, -0.2) is 56.1 Å². The van der Waals surface area contributed by atoms with Crippen molar-refractivity contribution < 1.29 is 19.1 Å². The van der Waals surface area contributed by atoms with Crippen molar-refractivity contribution in [3.8, 4) is 0 Å². The Morgan fingerprint density at radius 3 is 2.88 bits per heavy atom. The number of methoxy groups -OCH3 is 1. The van der Waals surface area contributed by atoms with Gasteiger partial charge in [-0.15, -0.1) is 13.2 Å². The lowest BCUT2D eigenvalue weighted by Gasteiger charge is -2.37. The van der Waals surface area contributed by atoms with Crippen molar-refractivity contribution in [2.24, 2.45) is 5.41 Å². The van der Waals surface area contributed by atoms with Crippen LogP contribution in [0.2, 0.25) is 0 Å². The Balaban J connectivity index is 2.29. The maximum atomic E-state index is 13.4. The van der Waals surface area contributed by atoms with Crippen molar-refractivity contribution in [2.45, 2.75) is 38.1 Å². The highest BCUT2D eigenvalue weighted by molar-refractivity contribution is 6.09. The molecule has 2 atom stereocenters. The number of ketones is 1. The quantitative estimate of drug-likeness (QED) is 0.366. The van der Waals surface area contributed by atoms with Crippen molar-refractivity contribution in [1.29, 1.82) is 0 Å². The maximum Gasteiger partial charge on any atom is 0.240 e. The average molecular weight is 347 g/mol. The number of ether oxygens (including phenoxy) is 2. The van der Waals surface area contributed by atoms with E-state index in [-0.39, 0.29) is 17.7 Å². The topological polar surface area (TPSA) is 55.8 Å². The first-order valence-electron chi connectivity index (χ1n) is 8.92. The molecular formula is C20H29NO4. The Morgan fingerprint density at radius 1 is 1.40 bits per heavy atom. The Bertz CT molecular complexity index is 554. The van der Waals surface area contributed by atoms with E-state index in [1.165, 1.54) is 0 Å².